The first-order chi connectivity index (χ1) is 18.8. The Morgan fingerprint density at radius 2 is 1.61 bits per heavy atom. The summed E-state index contributed by atoms with van der Waals surface area (Å²) in [6.07, 6.45) is -11.2. The summed E-state index contributed by atoms with van der Waals surface area (Å²) < 4.78 is 112. The summed E-state index contributed by atoms with van der Waals surface area (Å²) in [5.74, 6) is -2.83. The maximum atomic E-state index is 14.8. The standard InChI is InChI=1S/C26H27F6N3O5S/c1-35(2)18-9-5-16(6-10-18)20-15-24(26(30,31)32,33-22(36)21(20)23(37)34-41(3,38)39)17-7-11-19(12-8-17)40-14-4-13-25(27,28)29/h5-12H,4,13-15H2,1-3H3,(H,33,36)(H,34,37)/t24-/m0/s1. The summed E-state index contributed by atoms with van der Waals surface area (Å²) in [5, 5.41) is 1.87. The molecule has 2 N–H and O–H groups in total. The average molecular weight is 608 g/mol. The van der Waals surface area contributed by atoms with Crippen molar-refractivity contribution in [2.24, 2.45) is 0 Å². The number of sulfonamides is 1. The van der Waals surface area contributed by atoms with Crippen molar-refractivity contribution >= 4 is 33.1 Å². The number of amides is 2. The number of carbonyl (C=O) groups is 2. The lowest BCUT2D eigenvalue weighted by Gasteiger charge is -2.41. The SMILES string of the molecule is CN(C)c1ccc(C2=C(C(=O)NS(C)(=O)=O)C(=O)N[C@@](c3ccc(OCCCC(F)(F)F)cc3)(C(F)(F)F)C2)cc1. The van der Waals surface area contributed by atoms with Gasteiger partial charge in [0.25, 0.3) is 11.8 Å². The third kappa shape index (κ3) is 7.71. The topological polar surface area (TPSA) is 105 Å². The first-order valence-corrected chi connectivity index (χ1v) is 13.9. The van der Waals surface area contributed by atoms with E-state index in [1.807, 2.05) is 5.32 Å². The van der Waals surface area contributed by atoms with Gasteiger partial charge in [0.05, 0.1) is 12.9 Å². The Morgan fingerprint density at radius 3 is 2.10 bits per heavy atom. The number of hydrogen-bond acceptors (Lipinski definition) is 6. The zero-order chi connectivity index (χ0) is 30.8. The van der Waals surface area contributed by atoms with Crippen molar-refractivity contribution in [3.8, 4) is 5.75 Å². The Labute approximate surface area is 232 Å². The van der Waals surface area contributed by atoms with E-state index in [4.69, 9.17) is 4.74 Å². The van der Waals surface area contributed by atoms with Gasteiger partial charge < -0.3 is 15.0 Å². The van der Waals surface area contributed by atoms with Crippen molar-refractivity contribution in [2.45, 2.75) is 37.2 Å². The number of anilines is 1. The summed E-state index contributed by atoms with van der Waals surface area (Å²) in [6.45, 7) is -0.325. The lowest BCUT2D eigenvalue weighted by molar-refractivity contribution is -0.201. The molecule has 1 aliphatic rings. The maximum Gasteiger partial charge on any atom is 0.416 e. The summed E-state index contributed by atoms with van der Waals surface area (Å²) in [5.41, 5.74) is -3.86. The summed E-state index contributed by atoms with van der Waals surface area (Å²) in [4.78, 5) is 27.7. The molecular formula is C26H27F6N3O5S. The number of rotatable bonds is 9. The summed E-state index contributed by atoms with van der Waals surface area (Å²) in [6, 6.07) is 10.2. The Morgan fingerprint density at radius 1 is 1.02 bits per heavy atom. The highest BCUT2D eigenvalue weighted by Crippen LogP contribution is 2.48. The van der Waals surface area contributed by atoms with Crippen LogP contribution in [0, 0.1) is 0 Å². The molecule has 0 bridgehead atoms. The van der Waals surface area contributed by atoms with Crippen molar-refractivity contribution in [2.75, 3.05) is 31.9 Å². The fraction of sp³-hybridized carbons (Fsp3) is 0.385. The number of hydrogen-bond donors (Lipinski definition) is 2. The van der Waals surface area contributed by atoms with Crippen LogP contribution in [0.4, 0.5) is 32.0 Å². The first-order valence-electron chi connectivity index (χ1n) is 12.1. The normalized spacial score (nSPS) is 18.1. The maximum absolute atomic E-state index is 14.8. The summed E-state index contributed by atoms with van der Waals surface area (Å²) in [7, 11) is -0.715. The molecule has 3 rings (SSSR count). The van der Waals surface area contributed by atoms with Crippen LogP contribution in [0.15, 0.2) is 54.1 Å². The van der Waals surface area contributed by atoms with Crippen LogP contribution >= 0.6 is 0 Å². The van der Waals surface area contributed by atoms with Crippen LogP contribution in [-0.4, -0.2) is 59.5 Å². The molecular weight excluding hydrogens is 580 g/mol. The third-order valence-electron chi connectivity index (χ3n) is 6.24. The fourth-order valence-corrected chi connectivity index (χ4v) is 4.70. The van der Waals surface area contributed by atoms with Crippen LogP contribution in [0.5, 0.6) is 5.75 Å². The zero-order valence-corrected chi connectivity index (χ0v) is 22.9. The molecule has 2 aromatic carbocycles. The molecule has 2 aromatic rings. The van der Waals surface area contributed by atoms with E-state index in [2.05, 4.69) is 0 Å². The quantitative estimate of drug-likeness (QED) is 0.251. The van der Waals surface area contributed by atoms with E-state index in [1.165, 1.54) is 12.1 Å². The van der Waals surface area contributed by atoms with E-state index in [9.17, 15) is 44.3 Å². The predicted octanol–water partition coefficient (Wildman–Crippen LogP) is 4.28. The number of carbonyl (C=O) groups excluding carboxylic acids is 2. The van der Waals surface area contributed by atoms with Crippen molar-refractivity contribution < 1.29 is 49.1 Å². The van der Waals surface area contributed by atoms with Gasteiger partial charge in [0.2, 0.25) is 10.0 Å². The van der Waals surface area contributed by atoms with Gasteiger partial charge in [0.1, 0.15) is 11.3 Å². The van der Waals surface area contributed by atoms with Crippen LogP contribution in [0.1, 0.15) is 30.4 Å². The minimum atomic E-state index is -5.11. The Hall–Kier alpha value is -3.75. The van der Waals surface area contributed by atoms with Crippen LogP contribution in [-0.2, 0) is 25.2 Å². The van der Waals surface area contributed by atoms with Crippen molar-refractivity contribution in [3.63, 3.8) is 0 Å². The van der Waals surface area contributed by atoms with Gasteiger partial charge >= 0.3 is 12.4 Å². The highest BCUT2D eigenvalue weighted by molar-refractivity contribution is 7.89. The van der Waals surface area contributed by atoms with Crippen molar-refractivity contribution in [1.82, 2.24) is 10.0 Å². The smallest absolute Gasteiger partial charge is 0.416 e. The molecule has 0 radical (unpaired) electrons. The summed E-state index contributed by atoms with van der Waals surface area (Å²) >= 11 is 0. The molecule has 1 aliphatic heterocycles. The molecule has 0 spiro atoms. The molecule has 0 saturated carbocycles. The largest absolute Gasteiger partial charge is 0.494 e. The Kier molecular flexibility index (Phi) is 9.01. The number of nitrogens with one attached hydrogen (secondary N) is 2. The molecule has 0 aromatic heterocycles. The van der Waals surface area contributed by atoms with Crippen LogP contribution < -0.4 is 19.7 Å². The number of halogens is 6. The van der Waals surface area contributed by atoms with Gasteiger partial charge in [0, 0.05) is 32.6 Å². The number of ether oxygens (including phenoxy) is 1. The van der Waals surface area contributed by atoms with E-state index in [-0.39, 0.29) is 29.9 Å². The van der Waals surface area contributed by atoms with Gasteiger partial charge in [-0.15, -0.1) is 0 Å². The van der Waals surface area contributed by atoms with E-state index in [1.54, 1.807) is 35.9 Å². The highest BCUT2D eigenvalue weighted by Gasteiger charge is 2.60. The van der Waals surface area contributed by atoms with Crippen LogP contribution in [0.2, 0.25) is 0 Å². The second-order valence-electron chi connectivity index (χ2n) is 9.62. The molecule has 0 fully saturated rings. The predicted molar refractivity (Wildman–Crippen MR) is 138 cm³/mol. The highest BCUT2D eigenvalue weighted by atomic mass is 32.2. The van der Waals surface area contributed by atoms with Gasteiger partial charge in [-0.1, -0.05) is 24.3 Å². The van der Waals surface area contributed by atoms with Crippen LogP contribution in [0.25, 0.3) is 5.57 Å². The second kappa shape index (κ2) is 11.6. The van der Waals surface area contributed by atoms with Crippen LogP contribution in [0.3, 0.4) is 0 Å². The second-order valence-corrected chi connectivity index (χ2v) is 11.4. The zero-order valence-electron chi connectivity index (χ0n) is 22.1. The monoisotopic (exact) mass is 607 g/mol. The molecule has 224 valence electrons. The van der Waals surface area contributed by atoms with Gasteiger partial charge in [-0.05, 0) is 47.4 Å². The molecule has 0 saturated heterocycles. The molecule has 15 heteroatoms. The van der Waals surface area contributed by atoms with Gasteiger partial charge in [-0.2, -0.15) is 26.3 Å². The molecule has 41 heavy (non-hydrogen) atoms. The third-order valence-corrected chi connectivity index (χ3v) is 6.80. The van der Waals surface area contributed by atoms with E-state index in [0.29, 0.717) is 11.9 Å². The fourth-order valence-electron chi connectivity index (χ4n) is 4.27. The van der Waals surface area contributed by atoms with Gasteiger partial charge in [-0.3, -0.25) is 9.59 Å². The minimum Gasteiger partial charge on any atom is -0.494 e. The van der Waals surface area contributed by atoms with Gasteiger partial charge in [-0.25, -0.2) is 13.1 Å². The number of nitrogens with zero attached hydrogens (tertiary/aromatic N) is 1. The van der Waals surface area contributed by atoms with Gasteiger partial charge in [0.15, 0.2) is 5.54 Å². The first kappa shape index (κ1) is 31.8. The molecule has 0 aliphatic carbocycles. The van der Waals surface area contributed by atoms with Crippen molar-refractivity contribution in [3.05, 3.63) is 65.2 Å². The molecule has 1 atom stereocenters. The average Bonchev–Trinajstić information content (AvgIpc) is 2.84. The molecule has 8 nitrogen and oxygen atoms in total. The molecule has 1 heterocycles. The Balaban J connectivity index is 2.07. The lowest BCUT2D eigenvalue weighted by Crippen LogP contribution is -2.59. The van der Waals surface area contributed by atoms with E-state index in [0.717, 1.165) is 24.3 Å². The van der Waals surface area contributed by atoms with E-state index < -0.39 is 63.7 Å². The lowest BCUT2D eigenvalue weighted by atomic mass is 9.76. The Bertz CT molecular complexity index is 1420. The molecule has 2 amide bonds. The molecule has 0 unspecified atom stereocenters. The number of alkyl halides is 6. The minimum absolute atomic E-state index is 0.0126. The van der Waals surface area contributed by atoms with Crippen molar-refractivity contribution in [1.29, 1.82) is 0 Å². The van der Waals surface area contributed by atoms with E-state index >= 15 is 0 Å². The number of benzene rings is 2.